The Morgan fingerprint density at radius 1 is 1.32 bits per heavy atom. The van der Waals surface area contributed by atoms with Gasteiger partial charge in [0.2, 0.25) is 0 Å². The lowest BCUT2D eigenvalue weighted by Gasteiger charge is -2.26. The molecule has 2 atom stereocenters. The molecule has 3 N–H and O–H groups in total. The standard InChI is InChI=1S/C16H18N2O4/c1-9-7-10(8-13(19)14(9)16(21)22-2)18-12-6-4-3-5-11(12)15(17)20/h3-6,8-9,14,18H,7H2,1-2H3,(H2,17,20)/t9-,14+/m1/s1. The van der Waals surface area contributed by atoms with Gasteiger partial charge >= 0.3 is 5.97 Å². The predicted molar refractivity (Wildman–Crippen MR) is 81.0 cm³/mol. The zero-order valence-corrected chi connectivity index (χ0v) is 12.5. The summed E-state index contributed by atoms with van der Waals surface area (Å²) in [7, 11) is 1.27. The third-order valence-corrected chi connectivity index (χ3v) is 3.68. The summed E-state index contributed by atoms with van der Waals surface area (Å²) in [6.07, 6.45) is 1.89. The number of benzene rings is 1. The second kappa shape index (κ2) is 6.43. The molecule has 6 heteroatoms. The molecular weight excluding hydrogens is 284 g/mol. The maximum Gasteiger partial charge on any atom is 0.316 e. The minimum Gasteiger partial charge on any atom is -0.468 e. The van der Waals surface area contributed by atoms with Gasteiger partial charge in [0.05, 0.1) is 18.4 Å². The number of carbonyl (C=O) groups excluding carboxylic acids is 3. The van der Waals surface area contributed by atoms with Crippen molar-refractivity contribution < 1.29 is 19.1 Å². The molecule has 1 aliphatic carbocycles. The van der Waals surface area contributed by atoms with Crippen LogP contribution < -0.4 is 11.1 Å². The van der Waals surface area contributed by atoms with Crippen LogP contribution in [0.2, 0.25) is 0 Å². The minimum absolute atomic E-state index is 0.187. The molecule has 1 aliphatic rings. The van der Waals surface area contributed by atoms with Gasteiger partial charge in [-0.3, -0.25) is 14.4 Å². The van der Waals surface area contributed by atoms with Crippen LogP contribution in [-0.2, 0) is 14.3 Å². The summed E-state index contributed by atoms with van der Waals surface area (Å²) in [6, 6.07) is 6.79. The van der Waals surface area contributed by atoms with E-state index in [-0.39, 0.29) is 11.7 Å². The Hall–Kier alpha value is -2.63. The van der Waals surface area contributed by atoms with Crippen molar-refractivity contribution in [2.24, 2.45) is 17.6 Å². The lowest BCUT2D eigenvalue weighted by molar-refractivity contribution is -0.150. The molecule has 6 nitrogen and oxygen atoms in total. The lowest BCUT2D eigenvalue weighted by atomic mass is 9.82. The average Bonchev–Trinajstić information content (AvgIpc) is 2.46. The fourth-order valence-electron chi connectivity index (χ4n) is 2.61. The molecule has 0 radical (unpaired) electrons. The second-order valence-corrected chi connectivity index (χ2v) is 5.29. The van der Waals surface area contributed by atoms with Gasteiger partial charge in [0.1, 0.15) is 5.92 Å². The fourth-order valence-corrected chi connectivity index (χ4v) is 2.61. The van der Waals surface area contributed by atoms with E-state index >= 15 is 0 Å². The van der Waals surface area contributed by atoms with E-state index in [2.05, 4.69) is 10.1 Å². The highest BCUT2D eigenvalue weighted by Crippen LogP contribution is 2.29. The maximum atomic E-state index is 12.1. The molecule has 1 amide bonds. The zero-order chi connectivity index (χ0) is 16.3. The monoisotopic (exact) mass is 302 g/mol. The second-order valence-electron chi connectivity index (χ2n) is 5.29. The molecule has 0 saturated carbocycles. The molecular formula is C16H18N2O4. The van der Waals surface area contributed by atoms with Crippen molar-refractivity contribution in [3.63, 3.8) is 0 Å². The molecule has 0 fully saturated rings. The Labute approximate surface area is 128 Å². The van der Waals surface area contributed by atoms with Crippen molar-refractivity contribution in [1.82, 2.24) is 0 Å². The highest BCUT2D eigenvalue weighted by atomic mass is 16.5. The van der Waals surface area contributed by atoms with Crippen LogP contribution in [0.4, 0.5) is 5.69 Å². The normalized spacial score (nSPS) is 21.0. The van der Waals surface area contributed by atoms with E-state index in [0.29, 0.717) is 23.4 Å². The third-order valence-electron chi connectivity index (χ3n) is 3.68. The summed E-state index contributed by atoms with van der Waals surface area (Å²) in [4.78, 5) is 35.2. The van der Waals surface area contributed by atoms with Gasteiger partial charge in [-0.25, -0.2) is 0 Å². The molecule has 116 valence electrons. The van der Waals surface area contributed by atoms with Crippen LogP contribution in [0.25, 0.3) is 0 Å². The number of esters is 1. The molecule has 2 rings (SSSR count). The Morgan fingerprint density at radius 3 is 2.59 bits per heavy atom. The summed E-state index contributed by atoms with van der Waals surface area (Å²) >= 11 is 0. The number of ketones is 1. The van der Waals surface area contributed by atoms with Crippen molar-refractivity contribution in [3.05, 3.63) is 41.6 Å². The maximum absolute atomic E-state index is 12.1. The summed E-state index contributed by atoms with van der Waals surface area (Å²) in [6.45, 7) is 1.81. The highest BCUT2D eigenvalue weighted by Gasteiger charge is 2.35. The number of ether oxygens (including phenoxy) is 1. The number of amides is 1. The number of nitrogens with one attached hydrogen (secondary N) is 1. The summed E-state index contributed by atoms with van der Waals surface area (Å²) < 4.78 is 4.66. The van der Waals surface area contributed by atoms with Crippen molar-refractivity contribution in [3.8, 4) is 0 Å². The number of methoxy groups -OCH3 is 1. The first-order valence-electron chi connectivity index (χ1n) is 6.92. The number of hydrogen-bond donors (Lipinski definition) is 2. The first-order chi connectivity index (χ1) is 10.4. The number of carbonyl (C=O) groups is 3. The van der Waals surface area contributed by atoms with Gasteiger partial charge in [0.25, 0.3) is 5.91 Å². The first-order valence-corrected chi connectivity index (χ1v) is 6.92. The van der Waals surface area contributed by atoms with Crippen molar-refractivity contribution >= 4 is 23.3 Å². The van der Waals surface area contributed by atoms with Gasteiger partial charge in [-0.1, -0.05) is 19.1 Å². The van der Waals surface area contributed by atoms with Gasteiger partial charge in [-0.05, 0) is 24.5 Å². The van der Waals surface area contributed by atoms with Crippen LogP contribution in [-0.4, -0.2) is 24.8 Å². The number of primary amides is 1. The number of hydrogen-bond acceptors (Lipinski definition) is 5. The topological polar surface area (TPSA) is 98.5 Å². The number of nitrogens with two attached hydrogens (primary N) is 1. The van der Waals surface area contributed by atoms with Crippen LogP contribution in [0.5, 0.6) is 0 Å². The van der Waals surface area contributed by atoms with Crippen LogP contribution in [0.3, 0.4) is 0 Å². The van der Waals surface area contributed by atoms with Gasteiger partial charge < -0.3 is 15.8 Å². The number of rotatable bonds is 4. The molecule has 0 aliphatic heterocycles. The van der Waals surface area contributed by atoms with Crippen LogP contribution in [0.15, 0.2) is 36.0 Å². The van der Waals surface area contributed by atoms with Gasteiger partial charge in [0, 0.05) is 11.8 Å². The van der Waals surface area contributed by atoms with Crippen LogP contribution in [0, 0.1) is 11.8 Å². The Kier molecular flexibility index (Phi) is 4.60. The van der Waals surface area contributed by atoms with E-state index in [4.69, 9.17) is 5.73 Å². The van der Waals surface area contributed by atoms with E-state index in [1.807, 2.05) is 6.92 Å². The van der Waals surface area contributed by atoms with Crippen molar-refractivity contribution in [1.29, 1.82) is 0 Å². The van der Waals surface area contributed by atoms with Crippen LogP contribution >= 0.6 is 0 Å². The average molecular weight is 302 g/mol. The molecule has 0 spiro atoms. The van der Waals surface area contributed by atoms with E-state index < -0.39 is 17.8 Å². The van der Waals surface area contributed by atoms with E-state index in [1.54, 1.807) is 24.3 Å². The Bertz CT molecular complexity index is 651. The molecule has 0 aromatic heterocycles. The van der Waals surface area contributed by atoms with Crippen molar-refractivity contribution in [2.75, 3.05) is 12.4 Å². The Morgan fingerprint density at radius 2 is 2.00 bits per heavy atom. The number of allylic oxidation sites excluding steroid dienone is 2. The van der Waals surface area contributed by atoms with Gasteiger partial charge in [-0.2, -0.15) is 0 Å². The lowest BCUT2D eigenvalue weighted by Crippen LogP contribution is -2.34. The Balaban J connectivity index is 2.24. The quantitative estimate of drug-likeness (QED) is 0.648. The molecule has 1 aromatic rings. The largest absolute Gasteiger partial charge is 0.468 e. The molecule has 22 heavy (non-hydrogen) atoms. The SMILES string of the molecule is COC(=O)[C@@H]1C(=O)C=C(Nc2ccccc2C(N)=O)C[C@H]1C. The first kappa shape index (κ1) is 15.8. The minimum atomic E-state index is -0.776. The summed E-state index contributed by atoms with van der Waals surface area (Å²) in [5.41, 5.74) is 6.86. The molecule has 0 heterocycles. The predicted octanol–water partition coefficient (Wildman–Crippen LogP) is 1.48. The number of anilines is 1. The van der Waals surface area contributed by atoms with Crippen molar-refractivity contribution in [2.45, 2.75) is 13.3 Å². The molecule has 1 aromatic carbocycles. The summed E-state index contributed by atoms with van der Waals surface area (Å²) in [5.74, 6) is -2.34. The zero-order valence-electron chi connectivity index (χ0n) is 12.5. The van der Waals surface area contributed by atoms with Gasteiger partial charge in [-0.15, -0.1) is 0 Å². The smallest absolute Gasteiger partial charge is 0.316 e. The van der Waals surface area contributed by atoms with Crippen LogP contribution in [0.1, 0.15) is 23.7 Å². The molecule has 0 bridgehead atoms. The highest BCUT2D eigenvalue weighted by molar-refractivity contribution is 6.06. The summed E-state index contributed by atoms with van der Waals surface area (Å²) in [5, 5.41) is 3.06. The van der Waals surface area contributed by atoms with E-state index in [1.165, 1.54) is 13.2 Å². The fraction of sp³-hybridized carbons (Fsp3) is 0.312. The number of para-hydroxylation sites is 1. The van der Waals surface area contributed by atoms with Gasteiger partial charge in [0.15, 0.2) is 5.78 Å². The molecule has 0 unspecified atom stereocenters. The van der Waals surface area contributed by atoms with E-state index in [0.717, 1.165) is 0 Å². The van der Waals surface area contributed by atoms with E-state index in [9.17, 15) is 14.4 Å². The third kappa shape index (κ3) is 3.16. The molecule has 0 saturated heterocycles.